The topological polar surface area (TPSA) is 3.24 Å². The molecule has 0 fully saturated rings. The van der Waals surface area contributed by atoms with Gasteiger partial charge in [0.1, 0.15) is 0 Å². The molecule has 0 spiro atoms. The van der Waals surface area contributed by atoms with Crippen molar-refractivity contribution in [2.45, 2.75) is 19.3 Å². The third kappa shape index (κ3) is 3.77. The molecule has 0 aliphatic heterocycles. The van der Waals surface area contributed by atoms with Gasteiger partial charge in [0.05, 0.1) is 10.4 Å². The molecule has 8 aromatic carbocycles. The van der Waals surface area contributed by atoms with E-state index < -0.39 is 0 Å². The lowest BCUT2D eigenvalue weighted by Crippen LogP contribution is -2.15. The van der Waals surface area contributed by atoms with Gasteiger partial charge < -0.3 is 4.90 Å². The minimum absolute atomic E-state index is 0.0380. The highest BCUT2D eigenvalue weighted by Gasteiger charge is 2.35. The number of benzene rings is 8. The van der Waals surface area contributed by atoms with Crippen LogP contribution in [0.5, 0.6) is 0 Å². The van der Waals surface area contributed by atoms with E-state index in [4.69, 9.17) is 0 Å². The van der Waals surface area contributed by atoms with E-state index in [2.05, 4.69) is 170 Å². The fourth-order valence-electron chi connectivity index (χ4n) is 8.22. The van der Waals surface area contributed by atoms with E-state index in [-0.39, 0.29) is 5.41 Å². The first-order valence-electron chi connectivity index (χ1n) is 16.4. The Labute approximate surface area is 278 Å². The molecule has 1 aromatic heterocycles. The van der Waals surface area contributed by atoms with Crippen LogP contribution in [-0.4, -0.2) is 0 Å². The molecule has 1 aliphatic carbocycles. The molecule has 0 saturated carbocycles. The van der Waals surface area contributed by atoms with Crippen molar-refractivity contribution in [3.05, 3.63) is 163 Å². The van der Waals surface area contributed by atoms with Crippen molar-refractivity contribution in [2.75, 3.05) is 4.90 Å². The average Bonchev–Trinajstić information content (AvgIpc) is 3.61. The molecule has 9 aromatic rings. The predicted molar refractivity (Wildman–Crippen MR) is 204 cm³/mol. The summed E-state index contributed by atoms with van der Waals surface area (Å²) in [6, 6.07) is 56.4. The number of nitrogens with zero attached hydrogens (tertiary/aromatic N) is 1. The number of hydrogen-bond donors (Lipinski definition) is 0. The van der Waals surface area contributed by atoms with E-state index in [0.717, 1.165) is 5.69 Å². The Morgan fingerprint density at radius 2 is 0.979 bits per heavy atom. The lowest BCUT2D eigenvalue weighted by atomic mass is 9.82. The monoisotopic (exact) mass is 617 g/mol. The van der Waals surface area contributed by atoms with Crippen molar-refractivity contribution in [1.29, 1.82) is 0 Å². The summed E-state index contributed by atoms with van der Waals surface area (Å²) in [6.07, 6.45) is 0. The van der Waals surface area contributed by atoms with Crippen molar-refractivity contribution < 1.29 is 0 Å². The molecular weight excluding hydrogens is 587 g/mol. The van der Waals surface area contributed by atoms with Crippen LogP contribution in [0.2, 0.25) is 0 Å². The zero-order valence-corrected chi connectivity index (χ0v) is 27.1. The quantitative estimate of drug-likeness (QED) is 0.178. The first kappa shape index (κ1) is 26.7. The number of fused-ring (bicyclic) bond motifs is 12. The minimum Gasteiger partial charge on any atom is -0.309 e. The van der Waals surface area contributed by atoms with Gasteiger partial charge in [-0.2, -0.15) is 0 Å². The van der Waals surface area contributed by atoms with Crippen LogP contribution in [0, 0.1) is 0 Å². The summed E-state index contributed by atoms with van der Waals surface area (Å²) in [6.45, 7) is 4.71. The highest BCUT2D eigenvalue weighted by molar-refractivity contribution is 7.26. The summed E-state index contributed by atoms with van der Waals surface area (Å²) in [5.41, 5.74) is 8.95. The molecule has 1 nitrogen and oxygen atoms in total. The summed E-state index contributed by atoms with van der Waals surface area (Å²) in [5, 5.41) is 10.4. The van der Waals surface area contributed by atoms with Crippen LogP contribution in [0.25, 0.3) is 63.6 Å². The molecule has 1 aliphatic rings. The van der Waals surface area contributed by atoms with Crippen molar-refractivity contribution >= 4 is 80.9 Å². The van der Waals surface area contributed by atoms with Crippen LogP contribution < -0.4 is 4.90 Å². The molecule has 2 heteroatoms. The van der Waals surface area contributed by atoms with Crippen molar-refractivity contribution in [3.63, 3.8) is 0 Å². The van der Waals surface area contributed by atoms with Gasteiger partial charge in [-0.15, -0.1) is 11.3 Å². The molecule has 0 saturated heterocycles. The summed E-state index contributed by atoms with van der Waals surface area (Å²) in [7, 11) is 0. The Hall–Kier alpha value is -5.44. The van der Waals surface area contributed by atoms with Crippen LogP contribution in [0.3, 0.4) is 0 Å². The molecule has 0 amide bonds. The number of thiophene rings is 1. The van der Waals surface area contributed by atoms with Crippen LogP contribution in [0.15, 0.2) is 152 Å². The summed E-state index contributed by atoms with van der Waals surface area (Å²) >= 11 is 1.89. The van der Waals surface area contributed by atoms with Gasteiger partial charge in [0.2, 0.25) is 0 Å². The fraction of sp³-hybridized carbons (Fsp3) is 0.0667. The second-order valence-electron chi connectivity index (χ2n) is 13.3. The van der Waals surface area contributed by atoms with Crippen LogP contribution in [-0.2, 0) is 5.41 Å². The smallest absolute Gasteiger partial charge is 0.0640 e. The van der Waals surface area contributed by atoms with E-state index in [1.807, 2.05) is 11.3 Å². The molecule has 47 heavy (non-hydrogen) atoms. The van der Waals surface area contributed by atoms with Gasteiger partial charge in [-0.3, -0.25) is 0 Å². The minimum atomic E-state index is -0.0380. The standard InChI is InChI=1S/C45H31NS/c1-45(2)40-19-9-7-16-35(40)39-27-29(23-25-41(39)45)46(42-20-11-18-37-36-17-8-10-21-43(36)47-44(37)42)28-22-24-34-32-14-4-3-12-30(32)31-13-5-6-15-33(31)38(34)26-28/h3-27H,1-2H3. The first-order valence-corrected chi connectivity index (χ1v) is 17.2. The summed E-state index contributed by atoms with van der Waals surface area (Å²) in [4.78, 5) is 2.50. The summed E-state index contributed by atoms with van der Waals surface area (Å²) in [5.74, 6) is 0. The molecule has 0 unspecified atom stereocenters. The Kier molecular flexibility index (Phi) is 5.57. The number of anilines is 3. The largest absolute Gasteiger partial charge is 0.309 e. The van der Waals surface area contributed by atoms with Gasteiger partial charge in [-0.05, 0) is 91.0 Å². The van der Waals surface area contributed by atoms with Crippen molar-refractivity contribution in [3.8, 4) is 11.1 Å². The van der Waals surface area contributed by atoms with Gasteiger partial charge in [-0.25, -0.2) is 0 Å². The second-order valence-corrected chi connectivity index (χ2v) is 14.4. The zero-order valence-electron chi connectivity index (χ0n) is 26.3. The number of hydrogen-bond acceptors (Lipinski definition) is 2. The van der Waals surface area contributed by atoms with E-state index in [9.17, 15) is 0 Å². The SMILES string of the molecule is CC1(C)c2ccccc2-c2cc(N(c3ccc4c5ccccc5c5ccccc5c4c3)c3cccc4c3sc3ccccc34)ccc21. The van der Waals surface area contributed by atoms with Crippen LogP contribution >= 0.6 is 11.3 Å². The van der Waals surface area contributed by atoms with Gasteiger partial charge in [-0.1, -0.05) is 129 Å². The highest BCUT2D eigenvalue weighted by atomic mass is 32.1. The maximum absolute atomic E-state index is 2.50. The fourth-order valence-corrected chi connectivity index (χ4v) is 9.42. The lowest BCUT2D eigenvalue weighted by molar-refractivity contribution is 0.660. The average molecular weight is 618 g/mol. The van der Waals surface area contributed by atoms with Crippen LogP contribution in [0.4, 0.5) is 17.1 Å². The Morgan fingerprint density at radius 1 is 0.426 bits per heavy atom. The number of rotatable bonds is 3. The Morgan fingerprint density at radius 3 is 1.74 bits per heavy atom. The van der Waals surface area contributed by atoms with E-state index in [1.54, 1.807) is 0 Å². The Balaban J connectivity index is 1.29. The van der Waals surface area contributed by atoms with Crippen LogP contribution in [0.1, 0.15) is 25.0 Å². The molecular formula is C45H31NS. The lowest BCUT2D eigenvalue weighted by Gasteiger charge is -2.28. The molecule has 10 rings (SSSR count). The first-order chi connectivity index (χ1) is 23.1. The van der Waals surface area contributed by atoms with Gasteiger partial charge in [0.15, 0.2) is 0 Å². The zero-order chi connectivity index (χ0) is 31.3. The van der Waals surface area contributed by atoms with Crippen molar-refractivity contribution in [2.24, 2.45) is 0 Å². The van der Waals surface area contributed by atoms with Gasteiger partial charge in [0.25, 0.3) is 0 Å². The molecule has 0 atom stereocenters. The maximum Gasteiger partial charge on any atom is 0.0640 e. The maximum atomic E-state index is 2.50. The predicted octanol–water partition coefficient (Wildman–Crippen LogP) is 13.3. The second kappa shape index (κ2) is 9.78. The molecule has 0 N–H and O–H groups in total. The molecule has 0 bridgehead atoms. The van der Waals surface area contributed by atoms with E-state index >= 15 is 0 Å². The third-order valence-electron chi connectivity index (χ3n) is 10.4. The van der Waals surface area contributed by atoms with Gasteiger partial charge >= 0.3 is 0 Å². The van der Waals surface area contributed by atoms with E-state index in [0.29, 0.717) is 0 Å². The van der Waals surface area contributed by atoms with Crippen molar-refractivity contribution in [1.82, 2.24) is 0 Å². The Bertz CT molecular complexity index is 2690. The summed E-state index contributed by atoms with van der Waals surface area (Å²) < 4.78 is 2.62. The molecule has 222 valence electrons. The van der Waals surface area contributed by atoms with E-state index in [1.165, 1.54) is 86.1 Å². The molecule has 1 heterocycles. The third-order valence-corrected chi connectivity index (χ3v) is 11.6. The normalized spacial score (nSPS) is 13.5. The molecule has 0 radical (unpaired) electrons. The highest BCUT2D eigenvalue weighted by Crippen LogP contribution is 2.52. The van der Waals surface area contributed by atoms with Gasteiger partial charge in [0, 0.05) is 32.3 Å².